The first-order valence-corrected chi connectivity index (χ1v) is 14.8. The monoisotopic (exact) mass is 626 g/mol. The van der Waals surface area contributed by atoms with Crippen molar-refractivity contribution in [1.82, 2.24) is 9.55 Å². The van der Waals surface area contributed by atoms with E-state index in [4.69, 9.17) is 27.9 Å². The van der Waals surface area contributed by atoms with Gasteiger partial charge in [-0.1, -0.05) is 52.4 Å². The molecule has 4 heterocycles. The smallest absolute Gasteiger partial charge is 0.308 e. The molecule has 2 aromatic heterocycles. The molecule has 0 saturated carbocycles. The Morgan fingerprint density at radius 2 is 1.83 bits per heavy atom. The number of pyridine rings is 1. The van der Waals surface area contributed by atoms with Gasteiger partial charge in [-0.2, -0.15) is 0 Å². The van der Waals surface area contributed by atoms with Gasteiger partial charge in [0.05, 0.1) is 33.8 Å². The summed E-state index contributed by atoms with van der Waals surface area (Å²) in [6, 6.07) is 14.9. The summed E-state index contributed by atoms with van der Waals surface area (Å²) in [4.78, 5) is 59.6. The molecule has 1 N–H and O–H groups in total. The second kappa shape index (κ2) is 11.0. The summed E-state index contributed by atoms with van der Waals surface area (Å²) >= 11 is 14.1. The highest BCUT2D eigenvalue weighted by molar-refractivity contribution is 8.00. The number of methoxy groups -OCH3 is 1. The Balaban J connectivity index is 1.38. The number of hydrogen-bond acceptors (Lipinski definition) is 8. The zero-order valence-electron chi connectivity index (χ0n) is 21.2. The van der Waals surface area contributed by atoms with Gasteiger partial charge in [0.1, 0.15) is 17.5 Å². The number of thiazole rings is 1. The number of anilines is 2. The van der Waals surface area contributed by atoms with E-state index in [0.717, 1.165) is 23.1 Å². The molecule has 2 aliphatic rings. The molecule has 2 unspecified atom stereocenters. The number of carbonyl (C=O) groups excluding carboxylic acids is 3. The van der Waals surface area contributed by atoms with Gasteiger partial charge in [-0.15, -0.1) is 0 Å². The molecule has 1 fully saturated rings. The third-order valence-corrected chi connectivity index (χ3v) is 10.3. The van der Waals surface area contributed by atoms with Crippen LogP contribution >= 0.6 is 46.3 Å². The molecule has 0 spiro atoms. The Morgan fingerprint density at radius 1 is 1.05 bits per heavy atom. The molecule has 2 aliphatic heterocycles. The molecule has 4 aromatic rings. The lowest BCUT2D eigenvalue weighted by molar-refractivity contribution is -0.122. The number of thioether (sulfide) groups is 1. The van der Waals surface area contributed by atoms with Crippen molar-refractivity contribution >= 4 is 75.4 Å². The number of nitrogens with one attached hydrogen (secondary N) is 1. The predicted octanol–water partition coefficient (Wildman–Crippen LogP) is 5.05. The fourth-order valence-corrected chi connectivity index (χ4v) is 8.15. The SMILES string of the molecule is COc1ccc(N2C(=O)C3Sc4c(sc(=O)n4CC(=O)Nc4ccc(Cl)c(Cl)c4)[C@H](c4cccnc4)C3C2=O)cc1. The Hall–Kier alpha value is -3.64. The number of fused-ring (bicyclic) bond motifs is 2. The number of hydrogen-bond donors (Lipinski definition) is 1. The third kappa shape index (κ3) is 4.93. The lowest BCUT2D eigenvalue weighted by Gasteiger charge is -2.30. The highest BCUT2D eigenvalue weighted by atomic mass is 35.5. The van der Waals surface area contributed by atoms with E-state index in [1.54, 1.807) is 54.9 Å². The predicted molar refractivity (Wildman–Crippen MR) is 158 cm³/mol. The summed E-state index contributed by atoms with van der Waals surface area (Å²) in [5, 5.41) is 3.03. The second-order valence-corrected chi connectivity index (χ2v) is 12.3. The van der Waals surface area contributed by atoms with E-state index in [2.05, 4.69) is 10.3 Å². The molecule has 2 aromatic carbocycles. The summed E-state index contributed by atoms with van der Waals surface area (Å²) in [7, 11) is 1.54. The first-order valence-electron chi connectivity index (χ1n) is 12.3. The minimum atomic E-state index is -0.805. The van der Waals surface area contributed by atoms with E-state index in [1.807, 2.05) is 6.07 Å². The summed E-state index contributed by atoms with van der Waals surface area (Å²) in [6.45, 7) is -0.292. The number of ether oxygens (including phenoxy) is 1. The maximum absolute atomic E-state index is 13.9. The fraction of sp³-hybridized carbons (Fsp3) is 0.179. The van der Waals surface area contributed by atoms with Gasteiger partial charge in [-0.3, -0.25) is 28.7 Å². The third-order valence-electron chi connectivity index (χ3n) is 6.93. The molecule has 1 saturated heterocycles. The van der Waals surface area contributed by atoms with E-state index in [-0.39, 0.29) is 28.3 Å². The highest BCUT2D eigenvalue weighted by Crippen LogP contribution is 2.53. The van der Waals surface area contributed by atoms with Gasteiger partial charge in [0, 0.05) is 28.9 Å². The maximum Gasteiger partial charge on any atom is 0.308 e. The second-order valence-electron chi connectivity index (χ2n) is 9.34. The number of carbonyl (C=O) groups is 3. The summed E-state index contributed by atoms with van der Waals surface area (Å²) < 4.78 is 6.57. The van der Waals surface area contributed by atoms with Crippen molar-refractivity contribution in [2.45, 2.75) is 22.7 Å². The van der Waals surface area contributed by atoms with Crippen LogP contribution in [0.1, 0.15) is 16.4 Å². The lowest BCUT2D eigenvalue weighted by Crippen LogP contribution is -2.33. The number of imide groups is 1. The topological polar surface area (TPSA) is 111 Å². The van der Waals surface area contributed by atoms with Gasteiger partial charge in [0.15, 0.2) is 0 Å². The Morgan fingerprint density at radius 3 is 2.51 bits per heavy atom. The molecular weight excluding hydrogens is 607 g/mol. The zero-order chi connectivity index (χ0) is 28.8. The Labute approximate surface area is 252 Å². The average molecular weight is 628 g/mol. The Kier molecular flexibility index (Phi) is 7.37. The number of benzene rings is 2. The standard InChI is InChI=1S/C28H20Cl2N4O5S2/c1-39-17-7-5-16(6-8-17)34-25(36)22-21(14-3-2-10-31-12-14)24-27(40-23(22)26(34)37)33(28(38)41-24)13-20(35)32-15-4-9-18(29)19(30)11-15/h2-12,21-23H,13H2,1H3,(H,32,35)/t21-,22?,23?/m1/s1. The normalized spacial score (nSPS) is 19.6. The van der Waals surface area contributed by atoms with Crippen molar-refractivity contribution in [1.29, 1.82) is 0 Å². The molecule has 9 nitrogen and oxygen atoms in total. The van der Waals surface area contributed by atoms with Gasteiger partial charge in [-0.05, 0) is 54.1 Å². The molecule has 3 amide bonds. The van der Waals surface area contributed by atoms with Gasteiger partial charge < -0.3 is 10.1 Å². The largest absolute Gasteiger partial charge is 0.497 e. The van der Waals surface area contributed by atoms with Gasteiger partial charge in [0.2, 0.25) is 17.7 Å². The van der Waals surface area contributed by atoms with Crippen molar-refractivity contribution < 1.29 is 19.1 Å². The first kappa shape index (κ1) is 27.5. The van der Waals surface area contributed by atoms with E-state index in [0.29, 0.717) is 37.6 Å². The van der Waals surface area contributed by atoms with E-state index in [1.165, 1.54) is 22.6 Å². The molecule has 6 rings (SSSR count). The van der Waals surface area contributed by atoms with Crippen LogP contribution in [0.25, 0.3) is 0 Å². The van der Waals surface area contributed by atoms with Crippen molar-refractivity contribution in [3.8, 4) is 5.75 Å². The fourth-order valence-electron chi connectivity index (χ4n) is 5.08. The van der Waals surface area contributed by atoms with Crippen molar-refractivity contribution in [2.24, 2.45) is 5.92 Å². The maximum atomic E-state index is 13.9. The summed E-state index contributed by atoms with van der Waals surface area (Å²) in [6.07, 6.45) is 3.26. The van der Waals surface area contributed by atoms with Crippen LogP contribution in [-0.4, -0.2) is 39.6 Å². The summed E-state index contributed by atoms with van der Waals surface area (Å²) in [5.41, 5.74) is 1.56. The average Bonchev–Trinajstić information content (AvgIpc) is 3.41. The van der Waals surface area contributed by atoms with Crippen LogP contribution < -0.4 is 19.8 Å². The van der Waals surface area contributed by atoms with Gasteiger partial charge in [-0.25, -0.2) is 4.90 Å². The highest BCUT2D eigenvalue weighted by Gasteiger charge is 2.56. The molecule has 208 valence electrons. The van der Waals surface area contributed by atoms with Crippen LogP contribution in [-0.2, 0) is 20.9 Å². The number of halogens is 2. The molecule has 41 heavy (non-hydrogen) atoms. The number of amides is 3. The molecular formula is C28H20Cl2N4O5S2. The molecule has 13 heteroatoms. The number of rotatable bonds is 6. The van der Waals surface area contributed by atoms with Crippen molar-refractivity contribution in [3.63, 3.8) is 0 Å². The molecule has 0 radical (unpaired) electrons. The van der Waals surface area contributed by atoms with Crippen molar-refractivity contribution in [2.75, 3.05) is 17.3 Å². The first-order chi connectivity index (χ1) is 19.8. The molecule has 0 bridgehead atoms. The minimum absolute atomic E-state index is 0.279. The summed E-state index contributed by atoms with van der Waals surface area (Å²) in [5.74, 6) is -1.97. The Bertz CT molecular complexity index is 1740. The van der Waals surface area contributed by atoms with Crippen LogP contribution in [0.3, 0.4) is 0 Å². The molecule has 0 aliphatic carbocycles. The van der Waals surface area contributed by atoms with Crippen LogP contribution in [0.4, 0.5) is 11.4 Å². The van der Waals surface area contributed by atoms with Crippen LogP contribution in [0.15, 0.2) is 76.8 Å². The number of nitrogens with zero attached hydrogens (tertiary/aromatic N) is 3. The van der Waals surface area contributed by atoms with E-state index < -0.39 is 23.0 Å². The quantitative estimate of drug-likeness (QED) is 0.298. The van der Waals surface area contributed by atoms with E-state index in [9.17, 15) is 19.2 Å². The van der Waals surface area contributed by atoms with Gasteiger partial charge >= 0.3 is 4.87 Å². The van der Waals surface area contributed by atoms with E-state index >= 15 is 0 Å². The van der Waals surface area contributed by atoms with Crippen molar-refractivity contribution in [3.05, 3.63) is 97.1 Å². The zero-order valence-corrected chi connectivity index (χ0v) is 24.4. The van der Waals surface area contributed by atoms with Crippen LogP contribution in [0.5, 0.6) is 5.75 Å². The molecule has 3 atom stereocenters. The van der Waals surface area contributed by atoms with Gasteiger partial charge in [0.25, 0.3) is 0 Å². The van der Waals surface area contributed by atoms with Crippen LogP contribution in [0, 0.1) is 5.92 Å². The number of aromatic nitrogens is 2. The van der Waals surface area contributed by atoms with Crippen LogP contribution in [0.2, 0.25) is 10.0 Å². The minimum Gasteiger partial charge on any atom is -0.497 e. The lowest BCUT2D eigenvalue weighted by atomic mass is 9.84.